The summed E-state index contributed by atoms with van der Waals surface area (Å²) in [5.41, 5.74) is 7.55. The second-order valence-corrected chi connectivity index (χ2v) is 27.2. The van der Waals surface area contributed by atoms with Gasteiger partial charge in [-0.05, 0) is 119 Å². The predicted molar refractivity (Wildman–Crippen MR) is 406 cm³/mol. The SMILES string of the molecule is N#C/C(c1cnc2cc(Cl)c(Cl)cc2n1)=c1\c2c(-c3ccc(OC(=O)c4cc5ccccc5s4)cc3)n(B(c3ccccc3)c3ccccc3)/c(=C(/C#N)c3cnc4cc(Cl)c(Cl)cc4n3)c2c(-c2ccc(OC(=O)c3cc4ccccc4s3)cc2)n1B(c1ccccc1)c1ccccc1. The number of thiophene rings is 2. The highest BCUT2D eigenvalue weighted by atomic mass is 35.5. The van der Waals surface area contributed by atoms with Gasteiger partial charge in [0.25, 0.3) is 0 Å². The molecule has 100 heavy (non-hydrogen) atoms. The van der Waals surface area contributed by atoms with E-state index in [0.717, 1.165) is 42.0 Å². The first-order valence-corrected chi connectivity index (χ1v) is 34.5. The molecule has 0 amide bonds. The second kappa shape index (κ2) is 26.8. The van der Waals surface area contributed by atoms with Gasteiger partial charge >= 0.3 is 25.6 Å². The van der Waals surface area contributed by atoms with Gasteiger partial charge in [0.05, 0.1) is 65.2 Å². The Morgan fingerprint density at radius 1 is 0.400 bits per heavy atom. The van der Waals surface area contributed by atoms with Crippen LogP contribution in [-0.4, -0.2) is 54.5 Å². The number of rotatable bonds is 14. The van der Waals surface area contributed by atoms with Gasteiger partial charge in [0.15, 0.2) is 0 Å². The molecule has 16 aromatic rings. The second-order valence-electron chi connectivity index (χ2n) is 23.5. The fraction of sp³-hybridized carbons (Fsp3) is 0. The third-order valence-corrected chi connectivity index (χ3v) is 21.1. The van der Waals surface area contributed by atoms with Crippen LogP contribution in [0.1, 0.15) is 30.7 Å². The third kappa shape index (κ3) is 11.7. The minimum atomic E-state index is -0.781. The zero-order valence-electron chi connectivity index (χ0n) is 52.1. The molecule has 0 aliphatic rings. The molecule has 0 saturated carbocycles. The molecule has 474 valence electrons. The normalized spacial score (nSPS) is 12.0. The minimum absolute atomic E-state index is 0.0767. The van der Waals surface area contributed by atoms with Gasteiger partial charge in [0.2, 0.25) is 0 Å². The molecule has 6 heterocycles. The Morgan fingerprint density at radius 2 is 0.720 bits per heavy atom. The van der Waals surface area contributed by atoms with Crippen molar-refractivity contribution in [2.45, 2.75) is 0 Å². The van der Waals surface area contributed by atoms with Crippen LogP contribution in [0.2, 0.25) is 20.1 Å². The smallest absolute Gasteiger partial charge is 0.353 e. The minimum Gasteiger partial charge on any atom is -0.422 e. The van der Waals surface area contributed by atoms with Crippen LogP contribution in [0.5, 0.6) is 11.5 Å². The fourth-order valence-electron chi connectivity index (χ4n) is 13.1. The van der Waals surface area contributed by atoms with Gasteiger partial charge in [-0.25, -0.2) is 19.6 Å². The van der Waals surface area contributed by atoms with Crippen molar-refractivity contribution in [1.82, 2.24) is 28.9 Å². The average molecular weight is 1410 g/mol. The number of esters is 2. The molecule has 20 heteroatoms. The highest BCUT2D eigenvalue weighted by Gasteiger charge is 2.38. The molecule has 0 aliphatic carbocycles. The van der Waals surface area contributed by atoms with Crippen LogP contribution in [0, 0.1) is 22.7 Å². The molecule has 0 atom stereocenters. The zero-order chi connectivity index (χ0) is 68.1. The number of fused-ring (bicyclic) bond motifs is 5. The maximum Gasteiger partial charge on any atom is 0.353 e. The number of nitriles is 2. The number of nitrogens with zero attached hydrogens (tertiary/aromatic N) is 8. The first kappa shape index (κ1) is 63.3. The van der Waals surface area contributed by atoms with Crippen LogP contribution in [0.15, 0.2) is 267 Å². The van der Waals surface area contributed by atoms with Gasteiger partial charge in [0, 0.05) is 31.6 Å². The van der Waals surface area contributed by atoms with Gasteiger partial charge in [-0.15, -0.1) is 22.7 Å². The highest BCUT2D eigenvalue weighted by Crippen LogP contribution is 2.39. The van der Waals surface area contributed by atoms with E-state index in [-0.39, 0.29) is 54.1 Å². The van der Waals surface area contributed by atoms with Crippen molar-refractivity contribution in [2.75, 3.05) is 0 Å². The van der Waals surface area contributed by atoms with Crippen molar-refractivity contribution in [3.8, 4) is 46.2 Å². The summed E-state index contributed by atoms with van der Waals surface area (Å²) in [5.74, 6) is -0.552. The van der Waals surface area contributed by atoms with Crippen LogP contribution >= 0.6 is 69.1 Å². The first-order chi connectivity index (χ1) is 49.0. The summed E-state index contributed by atoms with van der Waals surface area (Å²) in [6.45, 7) is -1.56. The Kier molecular flexibility index (Phi) is 17.0. The molecule has 0 radical (unpaired) electrons. The number of carbonyl (C=O) groups excluding carboxylic acids is 2. The zero-order valence-corrected chi connectivity index (χ0v) is 56.8. The topological polar surface area (TPSA) is 162 Å². The molecular formula is C80H44B2Cl4N8O4S2. The van der Waals surface area contributed by atoms with Crippen LogP contribution in [-0.2, 0) is 0 Å². The van der Waals surface area contributed by atoms with E-state index < -0.39 is 25.6 Å². The molecule has 0 unspecified atom stereocenters. The molecule has 16 rings (SSSR count). The molecule has 0 spiro atoms. The maximum absolute atomic E-state index is 14.2. The van der Waals surface area contributed by atoms with E-state index >= 15 is 0 Å². The summed E-state index contributed by atoms with van der Waals surface area (Å²) in [6, 6.07) is 85.4. The number of carbonyl (C=O) groups is 2. The fourth-order valence-corrected chi connectivity index (χ4v) is 15.6. The van der Waals surface area contributed by atoms with Gasteiger partial charge in [0.1, 0.15) is 55.9 Å². The van der Waals surface area contributed by atoms with E-state index in [9.17, 15) is 20.1 Å². The molecule has 6 aromatic heterocycles. The lowest BCUT2D eigenvalue weighted by Gasteiger charge is -2.24. The van der Waals surface area contributed by atoms with Crippen molar-refractivity contribution in [3.05, 3.63) is 319 Å². The van der Waals surface area contributed by atoms with Crippen molar-refractivity contribution in [1.29, 1.82) is 10.5 Å². The van der Waals surface area contributed by atoms with E-state index in [2.05, 4.69) is 21.1 Å². The van der Waals surface area contributed by atoms with E-state index in [1.807, 2.05) is 206 Å². The van der Waals surface area contributed by atoms with Crippen molar-refractivity contribution >= 4 is 181 Å². The van der Waals surface area contributed by atoms with E-state index in [1.54, 1.807) is 60.9 Å². The number of halogens is 4. The summed E-state index contributed by atoms with van der Waals surface area (Å²) in [6.07, 6.45) is 3.10. The monoisotopic (exact) mass is 1410 g/mol. The summed E-state index contributed by atoms with van der Waals surface area (Å²) in [4.78, 5) is 49.6. The van der Waals surface area contributed by atoms with Crippen molar-refractivity contribution in [2.24, 2.45) is 0 Å². The number of hydrogen-bond acceptors (Lipinski definition) is 12. The van der Waals surface area contributed by atoms with E-state index in [0.29, 0.717) is 75.8 Å². The Hall–Kier alpha value is -11.4. The standard InChI is InChI=1S/C80H44B2Cl4N8O4S2/c83-59-39-63-65(41-61(59)85)91-67(45-89-63)57(43-87)77-74-73(75(93(77)81(51-19-5-1-6-20-51)52-21-7-2-8-22-52)47-29-33-55(34-30-47)97-79(95)71-37-49-17-13-15-27-69(49)99-71)78(58(44-88)68-46-90-64-40-60(84)62(86)42-66(64)92-68)94(82(53-23-9-3-10-24-53)54-25-11-4-12-26-54)76(74)48-31-35-56(36-32-48)98-80(96)72-38-50-18-14-16-28-70(50)100-72/h1-42,45-46H/b77-57-,78-58-. The van der Waals surface area contributed by atoms with Gasteiger partial charge in [-0.3, -0.25) is 9.97 Å². The third-order valence-electron chi connectivity index (χ3n) is 17.4. The molecular weight excluding hydrogens is 1360 g/mol. The lowest BCUT2D eigenvalue weighted by Crippen LogP contribution is -2.54. The molecule has 0 saturated heterocycles. The predicted octanol–water partition coefficient (Wildman–Crippen LogP) is 15.9. The summed E-state index contributed by atoms with van der Waals surface area (Å²) < 4.78 is 18.6. The number of benzene rings is 10. The van der Waals surface area contributed by atoms with Crippen LogP contribution < -0.4 is 42.0 Å². The molecule has 0 N–H and O–H groups in total. The quantitative estimate of drug-likeness (QED) is 0.0582. The first-order valence-electron chi connectivity index (χ1n) is 31.4. The lowest BCUT2D eigenvalue weighted by atomic mass is 9.50. The Labute approximate surface area is 599 Å². The molecule has 10 aromatic carbocycles. The number of aromatic nitrogens is 6. The van der Waals surface area contributed by atoms with E-state index in [4.69, 9.17) is 75.8 Å². The van der Waals surface area contributed by atoms with Crippen LogP contribution in [0.3, 0.4) is 0 Å². The van der Waals surface area contributed by atoms with E-state index in [1.165, 1.54) is 22.7 Å². The summed E-state index contributed by atoms with van der Waals surface area (Å²) in [7, 11) is 0. The molecule has 0 aliphatic heterocycles. The van der Waals surface area contributed by atoms with Crippen molar-refractivity contribution in [3.63, 3.8) is 0 Å². The largest absolute Gasteiger partial charge is 0.422 e. The van der Waals surface area contributed by atoms with Crippen LogP contribution in [0.25, 0.3) is 86.7 Å². The van der Waals surface area contributed by atoms with Crippen molar-refractivity contribution < 1.29 is 19.1 Å². The molecule has 0 bridgehead atoms. The number of ether oxygens (including phenoxy) is 2. The summed E-state index contributed by atoms with van der Waals surface area (Å²) in [5, 5.41) is 29.7. The number of hydrogen-bond donors (Lipinski definition) is 0. The maximum atomic E-state index is 14.2. The Balaban J connectivity index is 1.11. The molecule has 12 nitrogen and oxygen atoms in total. The van der Waals surface area contributed by atoms with Gasteiger partial charge < -0.3 is 18.4 Å². The lowest BCUT2D eigenvalue weighted by molar-refractivity contribution is 0.0730. The van der Waals surface area contributed by atoms with Crippen LogP contribution in [0.4, 0.5) is 0 Å². The van der Waals surface area contributed by atoms with Gasteiger partial charge in [-0.2, -0.15) is 10.5 Å². The Morgan fingerprint density at radius 3 is 1.05 bits per heavy atom. The Bertz CT molecular complexity index is 5660. The van der Waals surface area contributed by atoms with Gasteiger partial charge in [-0.1, -0.05) is 226 Å². The molecule has 0 fully saturated rings. The average Bonchev–Trinajstić information content (AvgIpc) is 1.52. The highest BCUT2D eigenvalue weighted by molar-refractivity contribution is 7.21. The summed E-state index contributed by atoms with van der Waals surface area (Å²) >= 11 is 29.6.